The number of allylic oxidation sites excluding steroid dienone is 2. The quantitative estimate of drug-likeness (QED) is 0.803. The summed E-state index contributed by atoms with van der Waals surface area (Å²) in [5, 5.41) is 0. The largest absolute Gasteiger partial charge is 0.416 e. The third kappa shape index (κ3) is 2.77. The van der Waals surface area contributed by atoms with Crippen LogP contribution in [0.25, 0.3) is 0 Å². The molecule has 0 fully saturated rings. The van der Waals surface area contributed by atoms with Gasteiger partial charge in [0.25, 0.3) is 0 Å². The van der Waals surface area contributed by atoms with Crippen LogP contribution >= 0.6 is 0 Å². The maximum Gasteiger partial charge on any atom is 0.416 e. The number of carbonyl (C=O) groups is 2. The first kappa shape index (κ1) is 16.2. The Hall–Kier alpha value is -2.69. The van der Waals surface area contributed by atoms with E-state index in [-0.39, 0.29) is 18.0 Å². The van der Waals surface area contributed by atoms with Crippen LogP contribution in [-0.2, 0) is 12.6 Å². The van der Waals surface area contributed by atoms with E-state index in [1.807, 2.05) is 0 Å². The van der Waals surface area contributed by atoms with Crippen LogP contribution in [0.4, 0.5) is 13.2 Å². The summed E-state index contributed by atoms with van der Waals surface area (Å²) in [6.07, 6.45) is -4.27. The smallest absolute Gasteiger partial charge is 0.289 e. The van der Waals surface area contributed by atoms with Gasteiger partial charge in [0, 0.05) is 28.7 Å². The first-order valence-electron chi connectivity index (χ1n) is 7.33. The van der Waals surface area contributed by atoms with Crippen LogP contribution < -0.4 is 0 Å². The molecule has 2 aromatic carbocycles. The molecule has 122 valence electrons. The molecule has 24 heavy (non-hydrogen) atoms. The number of carbonyl (C=O) groups excluding carboxylic acids is 2. The van der Waals surface area contributed by atoms with E-state index in [0.717, 1.165) is 12.1 Å². The Morgan fingerprint density at radius 1 is 0.833 bits per heavy atom. The standard InChI is InChI=1S/C19H13F3O2/c1-11-16(10-12-6-8-13(9-7-12)19(20,21)22)18(24)15-5-3-2-4-14(15)17(11)23/h2-9H,10H2,1H3. The number of hydrogen-bond acceptors (Lipinski definition) is 2. The summed E-state index contributed by atoms with van der Waals surface area (Å²) in [7, 11) is 0. The highest BCUT2D eigenvalue weighted by atomic mass is 19.4. The molecule has 0 aliphatic heterocycles. The maximum atomic E-state index is 12.6. The molecule has 2 nitrogen and oxygen atoms in total. The fraction of sp³-hybridized carbons (Fsp3) is 0.158. The minimum absolute atomic E-state index is 0.128. The van der Waals surface area contributed by atoms with Crippen LogP contribution in [0.15, 0.2) is 59.7 Å². The minimum atomic E-state index is -4.40. The van der Waals surface area contributed by atoms with Gasteiger partial charge in [-0.15, -0.1) is 0 Å². The Labute approximate surface area is 136 Å². The lowest BCUT2D eigenvalue weighted by Crippen LogP contribution is -2.22. The minimum Gasteiger partial charge on any atom is -0.289 e. The van der Waals surface area contributed by atoms with Crippen molar-refractivity contribution in [3.05, 3.63) is 81.9 Å². The van der Waals surface area contributed by atoms with Crippen LogP contribution in [0.3, 0.4) is 0 Å². The molecule has 0 unspecified atom stereocenters. The van der Waals surface area contributed by atoms with Crippen molar-refractivity contribution in [3.8, 4) is 0 Å². The van der Waals surface area contributed by atoms with Gasteiger partial charge in [-0.2, -0.15) is 13.2 Å². The number of halogens is 3. The topological polar surface area (TPSA) is 34.1 Å². The summed E-state index contributed by atoms with van der Waals surface area (Å²) in [6, 6.07) is 11.2. The van der Waals surface area contributed by atoms with Gasteiger partial charge in [-0.3, -0.25) is 9.59 Å². The molecule has 0 amide bonds. The van der Waals surface area contributed by atoms with E-state index < -0.39 is 11.7 Å². The van der Waals surface area contributed by atoms with Crippen molar-refractivity contribution in [1.29, 1.82) is 0 Å². The molecule has 5 heteroatoms. The lowest BCUT2D eigenvalue weighted by atomic mass is 9.82. The van der Waals surface area contributed by atoms with Crippen LogP contribution in [0, 0.1) is 0 Å². The second kappa shape index (κ2) is 5.74. The number of benzene rings is 2. The molecule has 0 saturated heterocycles. The molecule has 1 aliphatic rings. The zero-order valence-electron chi connectivity index (χ0n) is 12.8. The van der Waals surface area contributed by atoms with Crippen molar-refractivity contribution < 1.29 is 22.8 Å². The van der Waals surface area contributed by atoms with E-state index in [2.05, 4.69) is 0 Å². The summed E-state index contributed by atoms with van der Waals surface area (Å²) in [4.78, 5) is 25.0. The second-order valence-electron chi connectivity index (χ2n) is 5.68. The molecule has 0 aromatic heterocycles. The van der Waals surface area contributed by atoms with E-state index in [1.165, 1.54) is 12.1 Å². The Morgan fingerprint density at radius 3 is 1.92 bits per heavy atom. The first-order chi connectivity index (χ1) is 11.3. The summed E-state index contributed by atoms with van der Waals surface area (Å²) in [5.74, 6) is -0.463. The highest BCUT2D eigenvalue weighted by molar-refractivity contribution is 6.26. The Morgan fingerprint density at radius 2 is 1.38 bits per heavy atom. The van der Waals surface area contributed by atoms with Crippen LogP contribution in [0.5, 0.6) is 0 Å². The zero-order chi connectivity index (χ0) is 17.5. The first-order valence-corrected chi connectivity index (χ1v) is 7.33. The van der Waals surface area contributed by atoms with Gasteiger partial charge in [-0.05, 0) is 24.6 Å². The van der Waals surface area contributed by atoms with E-state index >= 15 is 0 Å². The molecule has 0 atom stereocenters. The Bertz CT molecular complexity index is 859. The summed E-state index contributed by atoms with van der Waals surface area (Å²) in [6.45, 7) is 1.58. The second-order valence-corrected chi connectivity index (χ2v) is 5.68. The summed E-state index contributed by atoms with van der Waals surface area (Å²) < 4.78 is 37.8. The number of ketones is 2. The van der Waals surface area contributed by atoms with E-state index in [9.17, 15) is 22.8 Å². The van der Waals surface area contributed by atoms with Crippen LogP contribution in [0.1, 0.15) is 38.8 Å². The van der Waals surface area contributed by atoms with E-state index in [1.54, 1.807) is 31.2 Å². The van der Waals surface area contributed by atoms with Crippen molar-refractivity contribution in [2.75, 3.05) is 0 Å². The average Bonchev–Trinajstić information content (AvgIpc) is 2.56. The monoisotopic (exact) mass is 330 g/mol. The van der Waals surface area contributed by atoms with Crippen molar-refractivity contribution >= 4 is 11.6 Å². The SMILES string of the molecule is CC1=C(Cc2ccc(C(F)(F)F)cc2)C(=O)c2ccccc2C1=O. The molecule has 0 saturated carbocycles. The maximum absolute atomic E-state index is 12.6. The molecule has 0 radical (unpaired) electrons. The van der Waals surface area contributed by atoms with Crippen molar-refractivity contribution in [1.82, 2.24) is 0 Å². The van der Waals surface area contributed by atoms with Gasteiger partial charge in [0.1, 0.15) is 0 Å². The zero-order valence-corrected chi connectivity index (χ0v) is 12.8. The van der Waals surface area contributed by atoms with Gasteiger partial charge in [-0.25, -0.2) is 0 Å². The number of alkyl halides is 3. The average molecular weight is 330 g/mol. The van der Waals surface area contributed by atoms with Gasteiger partial charge in [0.15, 0.2) is 11.6 Å². The van der Waals surface area contributed by atoms with Gasteiger partial charge in [0.05, 0.1) is 5.56 Å². The molecule has 0 bridgehead atoms. The molecule has 0 spiro atoms. The van der Waals surface area contributed by atoms with Gasteiger partial charge in [0.2, 0.25) is 0 Å². The molecule has 2 aromatic rings. The van der Waals surface area contributed by atoms with Crippen LogP contribution in [0.2, 0.25) is 0 Å². The number of fused-ring (bicyclic) bond motifs is 1. The highest BCUT2D eigenvalue weighted by Gasteiger charge is 2.31. The normalized spacial score (nSPS) is 14.8. The predicted molar refractivity (Wildman–Crippen MR) is 83.0 cm³/mol. The fourth-order valence-corrected chi connectivity index (χ4v) is 2.78. The van der Waals surface area contributed by atoms with Gasteiger partial charge in [-0.1, -0.05) is 36.4 Å². The third-order valence-electron chi connectivity index (χ3n) is 4.15. The van der Waals surface area contributed by atoms with Gasteiger partial charge < -0.3 is 0 Å². The summed E-state index contributed by atoms with van der Waals surface area (Å²) in [5.41, 5.74) is 1.20. The van der Waals surface area contributed by atoms with Crippen LogP contribution in [-0.4, -0.2) is 11.6 Å². The van der Waals surface area contributed by atoms with E-state index in [0.29, 0.717) is 27.8 Å². The van der Waals surface area contributed by atoms with Crippen molar-refractivity contribution in [2.24, 2.45) is 0 Å². The van der Waals surface area contributed by atoms with Crippen molar-refractivity contribution in [3.63, 3.8) is 0 Å². The molecule has 1 aliphatic carbocycles. The molecule has 0 N–H and O–H groups in total. The molecular formula is C19H13F3O2. The number of Topliss-reactive ketones (excluding diaryl/α,β-unsaturated/α-hetero) is 2. The molecular weight excluding hydrogens is 317 g/mol. The third-order valence-corrected chi connectivity index (χ3v) is 4.15. The predicted octanol–water partition coefficient (Wildman–Crippen LogP) is 4.64. The fourth-order valence-electron chi connectivity index (χ4n) is 2.78. The molecule has 3 rings (SSSR count). The van der Waals surface area contributed by atoms with E-state index in [4.69, 9.17) is 0 Å². The Kier molecular flexibility index (Phi) is 3.87. The number of hydrogen-bond donors (Lipinski definition) is 0. The highest BCUT2D eigenvalue weighted by Crippen LogP contribution is 2.31. The Balaban J connectivity index is 1.94. The summed E-state index contributed by atoms with van der Waals surface area (Å²) >= 11 is 0. The van der Waals surface area contributed by atoms with Crippen molar-refractivity contribution in [2.45, 2.75) is 19.5 Å². The lowest BCUT2D eigenvalue weighted by molar-refractivity contribution is -0.137. The van der Waals surface area contributed by atoms with Gasteiger partial charge >= 0.3 is 6.18 Å². The number of rotatable bonds is 2. The lowest BCUT2D eigenvalue weighted by Gasteiger charge is -2.19. The molecule has 0 heterocycles.